The fourth-order valence-electron chi connectivity index (χ4n) is 1.14. The summed E-state index contributed by atoms with van der Waals surface area (Å²) in [5.41, 5.74) is 10.1. The maximum absolute atomic E-state index is 10.7. The minimum absolute atomic E-state index is 0.936. The van der Waals surface area contributed by atoms with Crippen LogP contribution in [0.2, 0.25) is 0 Å². The Balaban J connectivity index is 2.76. The lowest BCUT2D eigenvalue weighted by atomic mass is 9.98. The van der Waals surface area contributed by atoms with Crippen molar-refractivity contribution in [2.75, 3.05) is 0 Å². The number of nitrogens with two attached hydrogens (primary N) is 2. The molecule has 1 heterocycles. The van der Waals surface area contributed by atoms with Gasteiger partial charge >= 0.3 is 0 Å². The number of hydrogen-bond acceptors (Lipinski definition) is 6. The lowest BCUT2D eigenvalue weighted by Gasteiger charge is -2.37. The Hall–Kier alpha value is -0.730. The van der Waals surface area contributed by atoms with Gasteiger partial charge in [0.15, 0.2) is 6.10 Å². The third kappa shape index (κ3) is 1.79. The second-order valence-electron chi connectivity index (χ2n) is 2.90. The van der Waals surface area contributed by atoms with Gasteiger partial charge in [0.1, 0.15) is 24.5 Å². The molecule has 0 radical (unpaired) electrons. The molecule has 1 amide bonds. The van der Waals surface area contributed by atoms with Crippen molar-refractivity contribution in [3.8, 4) is 0 Å². The van der Waals surface area contributed by atoms with Gasteiger partial charge in [-0.05, 0) is 0 Å². The van der Waals surface area contributed by atoms with Crippen LogP contribution in [0.25, 0.3) is 0 Å². The maximum Gasteiger partial charge on any atom is 0.249 e. The Morgan fingerprint density at radius 1 is 1.15 bits per heavy atom. The Morgan fingerprint density at radius 2 is 1.69 bits per heavy atom. The molecule has 0 aliphatic carbocycles. The van der Waals surface area contributed by atoms with Crippen molar-refractivity contribution in [1.29, 1.82) is 0 Å². The van der Waals surface area contributed by atoms with E-state index in [1.54, 1.807) is 0 Å². The molecule has 0 aromatic rings. The average Bonchev–Trinajstić information content (AvgIpc) is 2.07. The normalized spacial score (nSPS) is 46.0. The molecule has 1 aliphatic heterocycles. The van der Waals surface area contributed by atoms with Gasteiger partial charge in [0.25, 0.3) is 0 Å². The van der Waals surface area contributed by atoms with E-state index >= 15 is 0 Å². The second kappa shape index (κ2) is 3.56. The van der Waals surface area contributed by atoms with Gasteiger partial charge in [-0.1, -0.05) is 0 Å². The van der Waals surface area contributed by atoms with E-state index in [0.717, 1.165) is 0 Å². The van der Waals surface area contributed by atoms with Gasteiger partial charge in [-0.2, -0.15) is 0 Å². The van der Waals surface area contributed by atoms with Crippen LogP contribution < -0.4 is 11.5 Å². The highest BCUT2D eigenvalue weighted by atomic mass is 16.5. The number of rotatable bonds is 1. The Labute approximate surface area is 73.9 Å². The van der Waals surface area contributed by atoms with Crippen molar-refractivity contribution in [2.45, 2.75) is 30.6 Å². The van der Waals surface area contributed by atoms with Crippen LogP contribution in [0.15, 0.2) is 0 Å². The molecule has 0 bridgehead atoms. The number of ether oxygens (including phenoxy) is 1. The largest absolute Gasteiger partial charge is 0.387 e. The minimum atomic E-state index is -1.55. The Kier molecular flexibility index (Phi) is 2.84. The number of amides is 1. The van der Waals surface area contributed by atoms with E-state index in [1.807, 2.05) is 0 Å². The summed E-state index contributed by atoms with van der Waals surface area (Å²) in [7, 11) is 0. The lowest BCUT2D eigenvalue weighted by Crippen LogP contribution is -2.63. The van der Waals surface area contributed by atoms with E-state index in [1.165, 1.54) is 0 Å². The van der Waals surface area contributed by atoms with Crippen LogP contribution in [-0.2, 0) is 9.53 Å². The molecule has 0 saturated carbocycles. The summed E-state index contributed by atoms with van der Waals surface area (Å²) in [5, 5.41) is 27.5. The van der Waals surface area contributed by atoms with E-state index in [0.29, 0.717) is 0 Å². The number of aliphatic hydroxyl groups is 3. The second-order valence-corrected chi connectivity index (χ2v) is 2.90. The van der Waals surface area contributed by atoms with Gasteiger partial charge in [0.2, 0.25) is 5.91 Å². The van der Waals surface area contributed by atoms with Gasteiger partial charge in [-0.15, -0.1) is 0 Å². The first-order valence-corrected chi connectivity index (χ1v) is 3.69. The van der Waals surface area contributed by atoms with Crippen LogP contribution in [0.5, 0.6) is 0 Å². The van der Waals surface area contributed by atoms with Crippen molar-refractivity contribution in [3.63, 3.8) is 0 Å². The highest BCUT2D eigenvalue weighted by molar-refractivity contribution is 5.79. The topological polar surface area (TPSA) is 139 Å². The van der Waals surface area contributed by atoms with Crippen LogP contribution >= 0.6 is 0 Å². The van der Waals surface area contributed by atoms with Crippen molar-refractivity contribution in [1.82, 2.24) is 0 Å². The average molecular weight is 192 g/mol. The molecular formula is C6H12N2O5. The van der Waals surface area contributed by atoms with Crippen LogP contribution in [-0.4, -0.2) is 51.9 Å². The fourth-order valence-corrected chi connectivity index (χ4v) is 1.14. The molecule has 7 N–H and O–H groups in total. The van der Waals surface area contributed by atoms with E-state index in [-0.39, 0.29) is 0 Å². The highest BCUT2D eigenvalue weighted by Crippen LogP contribution is 2.17. The number of aliphatic hydroxyl groups excluding tert-OH is 3. The zero-order valence-corrected chi connectivity index (χ0v) is 6.70. The van der Waals surface area contributed by atoms with Crippen LogP contribution in [0.1, 0.15) is 0 Å². The molecule has 0 aromatic carbocycles. The number of carbonyl (C=O) groups is 1. The number of primary amides is 1. The summed E-state index contributed by atoms with van der Waals surface area (Å²) in [5.74, 6) is -0.936. The van der Waals surface area contributed by atoms with Gasteiger partial charge in [-0.25, -0.2) is 0 Å². The van der Waals surface area contributed by atoms with E-state index < -0.39 is 36.6 Å². The molecule has 1 saturated heterocycles. The molecular weight excluding hydrogens is 180 g/mol. The fraction of sp³-hybridized carbons (Fsp3) is 0.833. The van der Waals surface area contributed by atoms with Crippen molar-refractivity contribution >= 4 is 5.91 Å². The summed E-state index contributed by atoms with van der Waals surface area (Å²) in [4.78, 5) is 10.7. The molecule has 1 fully saturated rings. The smallest absolute Gasteiger partial charge is 0.249 e. The third-order valence-corrected chi connectivity index (χ3v) is 1.93. The zero-order valence-electron chi connectivity index (χ0n) is 6.70. The summed E-state index contributed by atoms with van der Waals surface area (Å²) in [6.07, 6.45) is -7.11. The first kappa shape index (κ1) is 10.4. The van der Waals surface area contributed by atoms with E-state index in [2.05, 4.69) is 4.74 Å². The molecule has 76 valence electrons. The minimum Gasteiger partial charge on any atom is -0.387 e. The van der Waals surface area contributed by atoms with Gasteiger partial charge in [-0.3, -0.25) is 4.79 Å². The van der Waals surface area contributed by atoms with Crippen LogP contribution in [0, 0.1) is 0 Å². The molecule has 13 heavy (non-hydrogen) atoms. The molecule has 5 atom stereocenters. The third-order valence-electron chi connectivity index (χ3n) is 1.93. The Bertz CT molecular complexity index is 211. The first-order valence-electron chi connectivity index (χ1n) is 3.69. The van der Waals surface area contributed by atoms with Gasteiger partial charge < -0.3 is 31.5 Å². The van der Waals surface area contributed by atoms with Gasteiger partial charge in [0.05, 0.1) is 0 Å². The van der Waals surface area contributed by atoms with E-state index in [9.17, 15) is 9.90 Å². The predicted octanol–water partition coefficient (Wildman–Crippen LogP) is -3.76. The summed E-state index contributed by atoms with van der Waals surface area (Å²) >= 11 is 0. The SMILES string of the molecule is NC(=O)[C@H]1OC(N)[C@H](O)[C@@H](O)[C@@H]1O. The molecule has 7 heteroatoms. The van der Waals surface area contributed by atoms with Crippen LogP contribution in [0.4, 0.5) is 0 Å². The molecule has 1 unspecified atom stereocenters. The maximum atomic E-state index is 10.7. The molecule has 7 nitrogen and oxygen atoms in total. The predicted molar refractivity (Wildman–Crippen MR) is 40.1 cm³/mol. The first-order chi connectivity index (χ1) is 5.95. The zero-order chi connectivity index (χ0) is 10.2. The number of carbonyl (C=O) groups excluding carboxylic acids is 1. The van der Waals surface area contributed by atoms with E-state index in [4.69, 9.17) is 21.7 Å². The monoisotopic (exact) mass is 192 g/mol. The molecule has 0 aromatic heterocycles. The lowest BCUT2D eigenvalue weighted by molar-refractivity contribution is -0.217. The van der Waals surface area contributed by atoms with Crippen molar-refractivity contribution in [3.05, 3.63) is 0 Å². The highest BCUT2D eigenvalue weighted by Gasteiger charge is 2.44. The number of hydrogen-bond donors (Lipinski definition) is 5. The Morgan fingerprint density at radius 3 is 2.15 bits per heavy atom. The summed E-state index contributed by atoms with van der Waals surface area (Å²) < 4.78 is 4.69. The van der Waals surface area contributed by atoms with Gasteiger partial charge in [0, 0.05) is 0 Å². The summed E-state index contributed by atoms with van der Waals surface area (Å²) in [6, 6.07) is 0. The molecule has 0 spiro atoms. The molecule has 1 rings (SSSR count). The quantitative estimate of drug-likeness (QED) is 0.289. The summed E-state index contributed by atoms with van der Waals surface area (Å²) in [6.45, 7) is 0. The standard InChI is InChI=1S/C6H12N2O5/c7-5(12)4-2(10)1(9)3(11)6(8)13-4/h1-4,6,9-11H,8H2,(H2,7,12)/t1-,2-,3+,4-,6?/m0/s1. The molecule has 1 aliphatic rings. The van der Waals surface area contributed by atoms with Crippen molar-refractivity contribution in [2.24, 2.45) is 11.5 Å². The van der Waals surface area contributed by atoms with Crippen LogP contribution in [0.3, 0.4) is 0 Å². The van der Waals surface area contributed by atoms with Crippen molar-refractivity contribution < 1.29 is 24.9 Å².